The van der Waals surface area contributed by atoms with E-state index in [2.05, 4.69) is 27.5 Å². The second kappa shape index (κ2) is 9.70. The van der Waals surface area contributed by atoms with Gasteiger partial charge in [0.25, 0.3) is 0 Å². The minimum absolute atomic E-state index is 0.130. The van der Waals surface area contributed by atoms with E-state index in [1.807, 2.05) is 25.1 Å². The summed E-state index contributed by atoms with van der Waals surface area (Å²) in [5.74, 6) is 0.710. The first kappa shape index (κ1) is 20.3. The summed E-state index contributed by atoms with van der Waals surface area (Å²) in [7, 11) is -3.40. The largest absolute Gasteiger partial charge is 0.364 e. The van der Waals surface area contributed by atoms with Crippen LogP contribution in [-0.4, -0.2) is 68.0 Å². The summed E-state index contributed by atoms with van der Waals surface area (Å²) >= 11 is 0. The third-order valence-corrected chi connectivity index (χ3v) is 6.41. The van der Waals surface area contributed by atoms with E-state index in [1.54, 1.807) is 6.07 Å². The number of aliphatic imine (C=N–C) groups is 1. The van der Waals surface area contributed by atoms with Crippen molar-refractivity contribution in [2.45, 2.75) is 19.1 Å². The predicted octanol–water partition coefficient (Wildman–Crippen LogP) is 1.33. The molecular weight excluding hydrogens is 378 g/mol. The number of aromatic nitrogens is 1. The third-order valence-electron chi connectivity index (χ3n) is 4.59. The van der Waals surface area contributed by atoms with Crippen LogP contribution >= 0.6 is 0 Å². The molecule has 2 heterocycles. The van der Waals surface area contributed by atoms with Crippen LogP contribution in [0, 0.1) is 0 Å². The first-order valence-electron chi connectivity index (χ1n) is 9.53. The Hall–Kier alpha value is -2.39. The summed E-state index contributed by atoms with van der Waals surface area (Å²) in [5, 5.41) is 7.02. The minimum Gasteiger partial charge on any atom is -0.364 e. The highest BCUT2D eigenvalue weighted by Crippen LogP contribution is 2.13. The number of guanidine groups is 1. The molecule has 9 heteroatoms. The Labute approximate surface area is 166 Å². The lowest BCUT2D eigenvalue weighted by Crippen LogP contribution is -2.54. The van der Waals surface area contributed by atoms with Crippen LogP contribution < -0.4 is 5.32 Å². The second-order valence-corrected chi connectivity index (χ2v) is 8.57. The lowest BCUT2D eigenvalue weighted by Gasteiger charge is -2.35. The van der Waals surface area contributed by atoms with Crippen molar-refractivity contribution in [3.63, 3.8) is 0 Å². The average molecular weight is 406 g/mol. The molecule has 0 amide bonds. The SMILES string of the molecule is CCNC(=NCCc1ccccc1)N1CCN(S(=O)(=O)Cc2ccon2)CC1. The number of hydrogen-bond acceptors (Lipinski definition) is 5. The van der Waals surface area contributed by atoms with E-state index < -0.39 is 10.0 Å². The molecule has 0 spiro atoms. The maximum Gasteiger partial charge on any atom is 0.220 e. The van der Waals surface area contributed by atoms with E-state index in [1.165, 1.54) is 16.1 Å². The number of nitrogens with zero attached hydrogens (tertiary/aromatic N) is 4. The highest BCUT2D eigenvalue weighted by atomic mass is 32.2. The van der Waals surface area contributed by atoms with Gasteiger partial charge in [-0.05, 0) is 18.9 Å². The van der Waals surface area contributed by atoms with E-state index in [4.69, 9.17) is 9.52 Å². The van der Waals surface area contributed by atoms with Gasteiger partial charge in [-0.1, -0.05) is 35.5 Å². The number of sulfonamides is 1. The Bertz CT molecular complexity index is 845. The van der Waals surface area contributed by atoms with Crippen LogP contribution in [-0.2, 0) is 22.2 Å². The van der Waals surface area contributed by atoms with Crippen LogP contribution in [0.2, 0.25) is 0 Å². The van der Waals surface area contributed by atoms with Crippen LogP contribution in [0.1, 0.15) is 18.2 Å². The van der Waals surface area contributed by atoms with Crippen molar-refractivity contribution in [3.8, 4) is 0 Å². The Balaban J connectivity index is 1.55. The molecule has 1 aromatic heterocycles. The molecule has 2 aromatic rings. The summed E-state index contributed by atoms with van der Waals surface area (Å²) in [6.07, 6.45) is 2.26. The lowest BCUT2D eigenvalue weighted by molar-refractivity contribution is 0.260. The van der Waals surface area contributed by atoms with Crippen molar-refractivity contribution in [2.24, 2.45) is 4.99 Å². The molecule has 1 fully saturated rings. The van der Waals surface area contributed by atoms with Gasteiger partial charge < -0.3 is 14.7 Å². The van der Waals surface area contributed by atoms with Crippen molar-refractivity contribution in [1.29, 1.82) is 0 Å². The fourth-order valence-corrected chi connectivity index (χ4v) is 4.55. The van der Waals surface area contributed by atoms with Crippen molar-refractivity contribution in [2.75, 3.05) is 39.3 Å². The Kier molecular flexibility index (Phi) is 7.05. The van der Waals surface area contributed by atoms with Crippen molar-refractivity contribution in [1.82, 2.24) is 19.7 Å². The molecule has 1 aliphatic heterocycles. The van der Waals surface area contributed by atoms with Gasteiger partial charge in [0.15, 0.2) is 5.96 Å². The molecule has 1 aromatic carbocycles. The molecule has 0 atom stereocenters. The Morgan fingerprint density at radius 3 is 2.57 bits per heavy atom. The zero-order chi connectivity index (χ0) is 19.8. The van der Waals surface area contributed by atoms with Crippen LogP contribution in [0.3, 0.4) is 0 Å². The first-order valence-corrected chi connectivity index (χ1v) is 11.1. The van der Waals surface area contributed by atoms with E-state index in [9.17, 15) is 8.42 Å². The van der Waals surface area contributed by atoms with Crippen LogP contribution in [0.4, 0.5) is 0 Å². The lowest BCUT2D eigenvalue weighted by atomic mass is 10.2. The van der Waals surface area contributed by atoms with E-state index >= 15 is 0 Å². The van der Waals surface area contributed by atoms with Crippen LogP contribution in [0.15, 0.2) is 52.2 Å². The number of benzene rings is 1. The van der Waals surface area contributed by atoms with E-state index in [0.717, 1.165) is 18.9 Å². The summed E-state index contributed by atoms with van der Waals surface area (Å²) in [5.41, 5.74) is 1.68. The summed E-state index contributed by atoms with van der Waals surface area (Å²) in [6.45, 7) is 5.58. The summed E-state index contributed by atoms with van der Waals surface area (Å²) in [4.78, 5) is 6.84. The Morgan fingerprint density at radius 2 is 1.93 bits per heavy atom. The molecule has 1 N–H and O–H groups in total. The molecule has 0 aliphatic carbocycles. The fraction of sp³-hybridized carbons (Fsp3) is 0.474. The average Bonchev–Trinajstić information content (AvgIpc) is 3.20. The fourth-order valence-electron chi connectivity index (χ4n) is 3.13. The molecule has 152 valence electrons. The maximum atomic E-state index is 12.6. The third kappa shape index (κ3) is 5.56. The predicted molar refractivity (Wildman–Crippen MR) is 108 cm³/mol. The first-order chi connectivity index (χ1) is 13.6. The van der Waals surface area contributed by atoms with Gasteiger partial charge in [0, 0.05) is 45.3 Å². The molecule has 28 heavy (non-hydrogen) atoms. The molecular formula is C19H27N5O3S. The van der Waals surface area contributed by atoms with Gasteiger partial charge in [-0.25, -0.2) is 8.42 Å². The number of hydrogen-bond donors (Lipinski definition) is 1. The number of rotatable bonds is 7. The zero-order valence-electron chi connectivity index (χ0n) is 16.1. The molecule has 8 nitrogen and oxygen atoms in total. The van der Waals surface area contributed by atoms with Gasteiger partial charge in [-0.2, -0.15) is 4.31 Å². The van der Waals surface area contributed by atoms with Gasteiger partial charge in [0.1, 0.15) is 12.0 Å². The van der Waals surface area contributed by atoms with Gasteiger partial charge in [-0.15, -0.1) is 0 Å². The van der Waals surface area contributed by atoms with Gasteiger partial charge in [0.05, 0.1) is 5.69 Å². The smallest absolute Gasteiger partial charge is 0.220 e. The molecule has 0 bridgehead atoms. The molecule has 3 rings (SSSR count). The molecule has 0 radical (unpaired) electrons. The highest BCUT2D eigenvalue weighted by Gasteiger charge is 2.28. The quantitative estimate of drug-likeness (QED) is 0.552. The van der Waals surface area contributed by atoms with E-state index in [-0.39, 0.29) is 5.75 Å². The molecule has 0 unspecified atom stereocenters. The van der Waals surface area contributed by atoms with Crippen molar-refractivity contribution >= 4 is 16.0 Å². The maximum absolute atomic E-state index is 12.6. The summed E-state index contributed by atoms with van der Waals surface area (Å²) < 4.78 is 31.4. The van der Waals surface area contributed by atoms with Gasteiger partial charge in [0.2, 0.25) is 10.0 Å². The molecule has 1 saturated heterocycles. The molecule has 1 aliphatic rings. The second-order valence-electron chi connectivity index (χ2n) is 6.60. The van der Waals surface area contributed by atoms with Gasteiger partial charge in [-0.3, -0.25) is 4.99 Å². The highest BCUT2D eigenvalue weighted by molar-refractivity contribution is 7.88. The molecule has 0 saturated carbocycles. The minimum atomic E-state index is -3.40. The topological polar surface area (TPSA) is 91.0 Å². The van der Waals surface area contributed by atoms with Crippen LogP contribution in [0.25, 0.3) is 0 Å². The van der Waals surface area contributed by atoms with E-state index in [0.29, 0.717) is 38.4 Å². The normalized spacial score (nSPS) is 16.3. The standard InChI is InChI=1S/C19H27N5O3S/c1-2-20-19(21-10-8-17-6-4-3-5-7-17)23-11-13-24(14-12-23)28(25,26)16-18-9-15-27-22-18/h3-7,9,15H,2,8,10-14,16H2,1H3,(H,20,21). The Morgan fingerprint density at radius 1 is 1.18 bits per heavy atom. The number of piperazine rings is 1. The van der Waals surface area contributed by atoms with Crippen molar-refractivity contribution in [3.05, 3.63) is 53.9 Å². The summed E-state index contributed by atoms with van der Waals surface area (Å²) in [6, 6.07) is 11.8. The number of nitrogens with one attached hydrogen (secondary N) is 1. The monoisotopic (exact) mass is 405 g/mol. The van der Waals surface area contributed by atoms with Crippen molar-refractivity contribution < 1.29 is 12.9 Å². The van der Waals surface area contributed by atoms with Crippen LogP contribution in [0.5, 0.6) is 0 Å². The van der Waals surface area contributed by atoms with Gasteiger partial charge >= 0.3 is 0 Å². The zero-order valence-corrected chi connectivity index (χ0v) is 16.9.